The molecule has 29 heavy (non-hydrogen) atoms. The van der Waals surface area contributed by atoms with Gasteiger partial charge in [-0.3, -0.25) is 4.79 Å². The molecule has 2 aromatic heterocycles. The van der Waals surface area contributed by atoms with Crippen molar-refractivity contribution in [3.8, 4) is 11.1 Å². The zero-order chi connectivity index (χ0) is 20.1. The highest BCUT2D eigenvalue weighted by molar-refractivity contribution is 5.87. The van der Waals surface area contributed by atoms with E-state index in [1.54, 1.807) is 13.0 Å². The van der Waals surface area contributed by atoms with Gasteiger partial charge in [0.05, 0.1) is 5.39 Å². The van der Waals surface area contributed by atoms with Crippen LogP contribution in [0.1, 0.15) is 30.5 Å². The standard InChI is InChI=1S/C21H18F2N4O2/c1-10-25-19-16(23)8-13(9-17(19)29-10)12-6-14-18(15(22)7-12)26-20(27-21(14)28)11-2-4-24-5-3-11/h6-9,11,24H,2-5H2,1H3,(H,26,27,28). The molecular formula is C21H18F2N4O2. The van der Waals surface area contributed by atoms with Crippen LogP contribution in [0.4, 0.5) is 8.78 Å². The minimum absolute atomic E-state index is 0.0306. The molecule has 8 heteroatoms. The van der Waals surface area contributed by atoms with Gasteiger partial charge in [-0.15, -0.1) is 0 Å². The molecule has 4 aromatic rings. The van der Waals surface area contributed by atoms with E-state index in [9.17, 15) is 13.6 Å². The number of oxazole rings is 1. The number of nitrogens with one attached hydrogen (secondary N) is 2. The lowest BCUT2D eigenvalue weighted by Crippen LogP contribution is -2.28. The van der Waals surface area contributed by atoms with E-state index in [2.05, 4.69) is 20.3 Å². The lowest BCUT2D eigenvalue weighted by atomic mass is 9.97. The third-order valence-corrected chi connectivity index (χ3v) is 5.40. The molecule has 1 aliphatic rings. The van der Waals surface area contributed by atoms with Crippen molar-refractivity contribution in [3.05, 3.63) is 58.0 Å². The Bertz CT molecular complexity index is 1310. The number of fused-ring (bicyclic) bond motifs is 2. The smallest absolute Gasteiger partial charge is 0.258 e. The second kappa shape index (κ2) is 6.73. The van der Waals surface area contributed by atoms with Crippen molar-refractivity contribution >= 4 is 22.0 Å². The van der Waals surface area contributed by atoms with Crippen LogP contribution in [0.3, 0.4) is 0 Å². The number of halogens is 2. The predicted molar refractivity (Wildman–Crippen MR) is 105 cm³/mol. The molecule has 0 bridgehead atoms. The summed E-state index contributed by atoms with van der Waals surface area (Å²) in [6.45, 7) is 3.30. The van der Waals surface area contributed by atoms with Crippen LogP contribution in [0.25, 0.3) is 33.1 Å². The van der Waals surface area contributed by atoms with Gasteiger partial charge < -0.3 is 14.7 Å². The number of aromatic amines is 1. The summed E-state index contributed by atoms with van der Waals surface area (Å²) in [6, 6.07) is 5.64. The van der Waals surface area contributed by atoms with E-state index in [0.717, 1.165) is 25.9 Å². The van der Waals surface area contributed by atoms with Gasteiger partial charge >= 0.3 is 0 Å². The fourth-order valence-electron chi connectivity index (χ4n) is 3.94. The molecule has 0 aliphatic carbocycles. The molecule has 0 unspecified atom stereocenters. The number of hydrogen-bond acceptors (Lipinski definition) is 5. The average Bonchev–Trinajstić information content (AvgIpc) is 3.10. The summed E-state index contributed by atoms with van der Waals surface area (Å²) in [6.07, 6.45) is 1.67. The van der Waals surface area contributed by atoms with Crippen LogP contribution in [0.5, 0.6) is 0 Å². The molecule has 0 amide bonds. The van der Waals surface area contributed by atoms with Gasteiger partial charge in [-0.05, 0) is 61.3 Å². The SMILES string of the molecule is Cc1nc2c(F)cc(-c3cc(F)c4nc(C5CCNCC5)[nH]c(=O)c4c3)cc2o1. The van der Waals surface area contributed by atoms with E-state index in [-0.39, 0.29) is 27.9 Å². The molecule has 3 heterocycles. The van der Waals surface area contributed by atoms with Gasteiger partial charge in [-0.2, -0.15) is 0 Å². The Morgan fingerprint density at radius 1 is 1.00 bits per heavy atom. The predicted octanol–water partition coefficient (Wildman–Crippen LogP) is 3.78. The Morgan fingerprint density at radius 3 is 2.45 bits per heavy atom. The number of H-pyrrole nitrogens is 1. The monoisotopic (exact) mass is 396 g/mol. The Morgan fingerprint density at radius 2 is 1.69 bits per heavy atom. The third-order valence-electron chi connectivity index (χ3n) is 5.40. The van der Waals surface area contributed by atoms with E-state index >= 15 is 0 Å². The van der Waals surface area contributed by atoms with Crippen molar-refractivity contribution in [1.29, 1.82) is 0 Å². The van der Waals surface area contributed by atoms with Crippen LogP contribution in [0.2, 0.25) is 0 Å². The zero-order valence-corrected chi connectivity index (χ0v) is 15.7. The number of rotatable bonds is 2. The Kier molecular flexibility index (Phi) is 4.16. The summed E-state index contributed by atoms with van der Waals surface area (Å²) >= 11 is 0. The number of aryl methyl sites for hydroxylation is 1. The van der Waals surface area contributed by atoms with Gasteiger partial charge in [0.1, 0.15) is 22.7 Å². The fourth-order valence-corrected chi connectivity index (χ4v) is 3.94. The second-order valence-corrected chi connectivity index (χ2v) is 7.37. The zero-order valence-electron chi connectivity index (χ0n) is 15.7. The average molecular weight is 396 g/mol. The van der Waals surface area contributed by atoms with Crippen LogP contribution in [-0.2, 0) is 0 Å². The first-order chi connectivity index (χ1) is 14.0. The maximum Gasteiger partial charge on any atom is 0.258 e. The summed E-state index contributed by atoms with van der Waals surface area (Å²) in [5.41, 5.74) is 0.787. The van der Waals surface area contributed by atoms with Crippen LogP contribution in [0, 0.1) is 18.6 Å². The lowest BCUT2D eigenvalue weighted by Gasteiger charge is -2.21. The molecule has 1 saturated heterocycles. The fraction of sp³-hybridized carbons (Fsp3) is 0.286. The molecule has 0 atom stereocenters. The maximum absolute atomic E-state index is 14.9. The van der Waals surface area contributed by atoms with Crippen LogP contribution in [0.15, 0.2) is 33.5 Å². The second-order valence-electron chi connectivity index (χ2n) is 7.37. The summed E-state index contributed by atoms with van der Waals surface area (Å²) in [5.74, 6) is -0.234. The summed E-state index contributed by atoms with van der Waals surface area (Å²) in [5, 5.41) is 3.39. The van der Waals surface area contributed by atoms with E-state index < -0.39 is 17.2 Å². The van der Waals surface area contributed by atoms with Crippen molar-refractivity contribution in [1.82, 2.24) is 20.3 Å². The first kappa shape index (κ1) is 17.9. The van der Waals surface area contributed by atoms with Crippen LogP contribution in [-0.4, -0.2) is 28.0 Å². The molecule has 1 fully saturated rings. The van der Waals surface area contributed by atoms with Crippen molar-refractivity contribution in [2.75, 3.05) is 13.1 Å². The molecular weight excluding hydrogens is 378 g/mol. The van der Waals surface area contributed by atoms with Gasteiger partial charge in [-0.25, -0.2) is 18.7 Å². The first-order valence-corrected chi connectivity index (χ1v) is 9.51. The van der Waals surface area contributed by atoms with E-state index in [1.165, 1.54) is 18.2 Å². The Hall–Kier alpha value is -3.13. The van der Waals surface area contributed by atoms with Crippen molar-refractivity contribution < 1.29 is 13.2 Å². The molecule has 0 saturated carbocycles. The van der Waals surface area contributed by atoms with E-state index in [1.807, 2.05) is 0 Å². The summed E-state index contributed by atoms with van der Waals surface area (Å²) < 4.78 is 34.7. The molecule has 2 N–H and O–H groups in total. The van der Waals surface area contributed by atoms with Crippen LogP contribution >= 0.6 is 0 Å². The number of benzene rings is 2. The molecule has 5 rings (SSSR count). The van der Waals surface area contributed by atoms with Gasteiger partial charge in [0.25, 0.3) is 5.56 Å². The third kappa shape index (κ3) is 3.09. The first-order valence-electron chi connectivity index (χ1n) is 9.51. The molecule has 2 aromatic carbocycles. The number of piperidine rings is 1. The summed E-state index contributed by atoms with van der Waals surface area (Å²) in [4.78, 5) is 23.9. The van der Waals surface area contributed by atoms with Gasteiger partial charge in [0.2, 0.25) is 0 Å². The Labute approximate surface area is 164 Å². The highest BCUT2D eigenvalue weighted by atomic mass is 19.1. The molecule has 6 nitrogen and oxygen atoms in total. The normalized spacial score (nSPS) is 15.4. The highest BCUT2D eigenvalue weighted by Gasteiger charge is 2.20. The van der Waals surface area contributed by atoms with Crippen molar-refractivity contribution in [3.63, 3.8) is 0 Å². The van der Waals surface area contributed by atoms with E-state index in [4.69, 9.17) is 4.42 Å². The largest absolute Gasteiger partial charge is 0.441 e. The number of hydrogen-bond donors (Lipinski definition) is 2. The van der Waals surface area contributed by atoms with Gasteiger partial charge in [-0.1, -0.05) is 0 Å². The van der Waals surface area contributed by atoms with Gasteiger partial charge in [0, 0.05) is 12.8 Å². The van der Waals surface area contributed by atoms with Crippen molar-refractivity contribution in [2.45, 2.75) is 25.7 Å². The molecule has 148 valence electrons. The van der Waals surface area contributed by atoms with Gasteiger partial charge in [0.15, 0.2) is 17.3 Å². The Balaban J connectivity index is 1.65. The maximum atomic E-state index is 14.9. The summed E-state index contributed by atoms with van der Waals surface area (Å²) in [7, 11) is 0. The lowest BCUT2D eigenvalue weighted by molar-refractivity contribution is 0.445. The quantitative estimate of drug-likeness (QED) is 0.539. The number of aromatic nitrogens is 3. The number of nitrogens with zero attached hydrogens (tertiary/aromatic N) is 2. The molecule has 0 spiro atoms. The van der Waals surface area contributed by atoms with Crippen molar-refractivity contribution in [2.24, 2.45) is 0 Å². The molecule has 0 radical (unpaired) electrons. The van der Waals surface area contributed by atoms with E-state index in [0.29, 0.717) is 22.8 Å². The topological polar surface area (TPSA) is 83.8 Å². The minimum Gasteiger partial charge on any atom is -0.441 e. The highest BCUT2D eigenvalue weighted by Crippen LogP contribution is 2.30. The molecule has 1 aliphatic heterocycles. The van der Waals surface area contributed by atoms with Crippen LogP contribution < -0.4 is 10.9 Å². The minimum atomic E-state index is -0.618.